The number of rotatable bonds is 5. The van der Waals surface area contributed by atoms with Gasteiger partial charge in [-0.25, -0.2) is 4.98 Å². The van der Waals surface area contributed by atoms with Gasteiger partial charge in [0, 0.05) is 44.7 Å². The number of hydrogen-bond donors (Lipinski definition) is 1. The average molecular weight is 390 g/mol. The molecular weight excluding hydrogens is 364 g/mol. The Balaban J connectivity index is 1.29. The van der Waals surface area contributed by atoms with Crippen LogP contribution in [-0.2, 0) is 11.2 Å². The number of benzene rings is 2. The second-order valence-corrected chi connectivity index (χ2v) is 7.54. The Kier molecular flexibility index (Phi) is 5.60. The summed E-state index contributed by atoms with van der Waals surface area (Å²) in [5.74, 6) is 0.823. The van der Waals surface area contributed by atoms with Crippen LogP contribution in [0.5, 0.6) is 0 Å². The number of carbonyl (C=O) groups excluding carboxylic acids is 1. The Hall–Kier alpha value is -3.15. The first-order valence-corrected chi connectivity index (χ1v) is 10.2. The Bertz CT molecular complexity index is 1070. The number of H-pyrrole nitrogens is 1. The van der Waals surface area contributed by atoms with E-state index >= 15 is 0 Å². The van der Waals surface area contributed by atoms with Gasteiger partial charge in [0.1, 0.15) is 5.82 Å². The molecule has 1 amide bonds. The van der Waals surface area contributed by atoms with Crippen molar-refractivity contribution in [1.82, 2.24) is 14.9 Å². The molecule has 1 aliphatic heterocycles. The minimum atomic E-state index is -0.121. The summed E-state index contributed by atoms with van der Waals surface area (Å²) < 4.78 is 0. The Morgan fingerprint density at radius 1 is 1.03 bits per heavy atom. The minimum absolute atomic E-state index is 0.121. The van der Waals surface area contributed by atoms with Gasteiger partial charge in [-0.2, -0.15) is 0 Å². The van der Waals surface area contributed by atoms with Crippen LogP contribution < -0.4 is 10.5 Å². The van der Waals surface area contributed by atoms with Crippen LogP contribution in [0.1, 0.15) is 24.2 Å². The summed E-state index contributed by atoms with van der Waals surface area (Å²) >= 11 is 0. The predicted octanol–water partition coefficient (Wildman–Crippen LogP) is 2.90. The van der Waals surface area contributed by atoms with Crippen molar-refractivity contribution in [2.45, 2.75) is 26.2 Å². The number of fused-ring (bicyclic) bond motifs is 1. The first-order chi connectivity index (χ1) is 14.1. The quantitative estimate of drug-likeness (QED) is 0.727. The number of aryl methyl sites for hydroxylation is 2. The van der Waals surface area contributed by atoms with Gasteiger partial charge in [0.15, 0.2) is 0 Å². The van der Waals surface area contributed by atoms with E-state index in [1.165, 1.54) is 11.3 Å². The summed E-state index contributed by atoms with van der Waals surface area (Å²) in [6, 6.07) is 15.7. The first kappa shape index (κ1) is 19.2. The van der Waals surface area contributed by atoms with Crippen LogP contribution in [0.3, 0.4) is 0 Å². The highest BCUT2D eigenvalue weighted by Crippen LogP contribution is 2.21. The van der Waals surface area contributed by atoms with Gasteiger partial charge in [-0.3, -0.25) is 9.59 Å². The molecule has 0 unspecified atom stereocenters. The van der Waals surface area contributed by atoms with Crippen LogP contribution in [0.25, 0.3) is 10.9 Å². The molecule has 29 heavy (non-hydrogen) atoms. The molecule has 4 rings (SSSR count). The maximum atomic E-state index is 12.6. The van der Waals surface area contributed by atoms with Crippen molar-refractivity contribution in [1.29, 1.82) is 0 Å². The maximum absolute atomic E-state index is 12.6. The number of nitrogens with one attached hydrogen (secondary N) is 1. The number of carbonyl (C=O) groups is 1. The zero-order valence-electron chi connectivity index (χ0n) is 16.7. The second kappa shape index (κ2) is 8.47. The molecule has 1 N–H and O–H groups in total. The molecule has 1 aliphatic rings. The van der Waals surface area contributed by atoms with Crippen LogP contribution in [0.4, 0.5) is 5.69 Å². The van der Waals surface area contributed by atoms with E-state index in [-0.39, 0.29) is 11.5 Å². The van der Waals surface area contributed by atoms with Crippen molar-refractivity contribution in [2.24, 2.45) is 0 Å². The highest BCUT2D eigenvalue weighted by Gasteiger charge is 2.21. The highest BCUT2D eigenvalue weighted by atomic mass is 16.2. The Morgan fingerprint density at radius 2 is 1.76 bits per heavy atom. The fourth-order valence-electron chi connectivity index (χ4n) is 3.93. The molecule has 1 fully saturated rings. The molecular formula is C23H26N4O2. The molecule has 2 aromatic carbocycles. The van der Waals surface area contributed by atoms with Gasteiger partial charge in [-0.05, 0) is 37.1 Å². The van der Waals surface area contributed by atoms with E-state index in [1.54, 1.807) is 6.07 Å². The zero-order chi connectivity index (χ0) is 20.2. The van der Waals surface area contributed by atoms with Crippen molar-refractivity contribution < 1.29 is 4.79 Å². The molecule has 1 aromatic heterocycles. The Morgan fingerprint density at radius 3 is 2.55 bits per heavy atom. The fraction of sp³-hybridized carbons (Fsp3) is 0.348. The largest absolute Gasteiger partial charge is 0.368 e. The molecule has 6 heteroatoms. The summed E-state index contributed by atoms with van der Waals surface area (Å²) in [7, 11) is 0. The lowest BCUT2D eigenvalue weighted by Gasteiger charge is -2.36. The van der Waals surface area contributed by atoms with Crippen molar-refractivity contribution >= 4 is 22.5 Å². The van der Waals surface area contributed by atoms with Gasteiger partial charge in [-0.1, -0.05) is 30.3 Å². The van der Waals surface area contributed by atoms with Crippen molar-refractivity contribution in [2.75, 3.05) is 31.1 Å². The standard InChI is InChI=1S/C23H26N4O2/c1-17-7-2-5-10-20(17)26-13-15-27(16-14-26)22(28)12-6-11-21-24-19-9-4-3-8-18(19)23(29)25-21/h2-5,7-10H,6,11-16H2,1H3,(H,24,25,29). The number of aromatic amines is 1. The lowest BCUT2D eigenvalue weighted by atomic mass is 10.1. The summed E-state index contributed by atoms with van der Waals surface area (Å²) in [5, 5.41) is 0.596. The highest BCUT2D eigenvalue weighted by molar-refractivity contribution is 5.77. The molecule has 1 saturated heterocycles. The van der Waals surface area contributed by atoms with Crippen LogP contribution in [-0.4, -0.2) is 47.0 Å². The molecule has 0 saturated carbocycles. The summed E-state index contributed by atoms with van der Waals surface area (Å²) in [5.41, 5.74) is 3.10. The number of anilines is 1. The second-order valence-electron chi connectivity index (χ2n) is 7.54. The van der Waals surface area contributed by atoms with E-state index in [0.717, 1.165) is 26.2 Å². The van der Waals surface area contributed by atoms with Crippen molar-refractivity contribution in [3.63, 3.8) is 0 Å². The number of hydrogen-bond acceptors (Lipinski definition) is 4. The van der Waals surface area contributed by atoms with Crippen LogP contribution in [0.2, 0.25) is 0 Å². The molecule has 0 aliphatic carbocycles. The van der Waals surface area contributed by atoms with Crippen LogP contribution in [0, 0.1) is 6.92 Å². The minimum Gasteiger partial charge on any atom is -0.368 e. The fourth-order valence-corrected chi connectivity index (χ4v) is 3.93. The van der Waals surface area contributed by atoms with E-state index in [4.69, 9.17) is 0 Å². The molecule has 0 spiro atoms. The maximum Gasteiger partial charge on any atom is 0.258 e. The monoisotopic (exact) mass is 390 g/mol. The number of amides is 1. The van der Waals surface area contributed by atoms with E-state index in [1.807, 2.05) is 23.1 Å². The van der Waals surface area contributed by atoms with Gasteiger partial charge in [0.25, 0.3) is 5.56 Å². The lowest BCUT2D eigenvalue weighted by molar-refractivity contribution is -0.131. The lowest BCUT2D eigenvalue weighted by Crippen LogP contribution is -2.49. The van der Waals surface area contributed by atoms with Gasteiger partial charge in [-0.15, -0.1) is 0 Å². The van der Waals surface area contributed by atoms with E-state index in [2.05, 4.69) is 46.1 Å². The third kappa shape index (κ3) is 4.31. The van der Waals surface area contributed by atoms with Crippen molar-refractivity contribution in [3.05, 3.63) is 70.3 Å². The van der Waals surface area contributed by atoms with Crippen LogP contribution in [0.15, 0.2) is 53.3 Å². The molecule has 150 valence electrons. The molecule has 3 aromatic rings. The van der Waals surface area contributed by atoms with Crippen LogP contribution >= 0.6 is 0 Å². The molecule has 2 heterocycles. The van der Waals surface area contributed by atoms with E-state index in [9.17, 15) is 9.59 Å². The van der Waals surface area contributed by atoms with Gasteiger partial charge < -0.3 is 14.8 Å². The Labute approximate surface area is 170 Å². The zero-order valence-corrected chi connectivity index (χ0v) is 16.7. The first-order valence-electron chi connectivity index (χ1n) is 10.2. The van der Waals surface area contributed by atoms with E-state index in [0.29, 0.717) is 36.0 Å². The number of aromatic nitrogens is 2. The molecule has 0 bridgehead atoms. The smallest absolute Gasteiger partial charge is 0.258 e. The van der Waals surface area contributed by atoms with E-state index < -0.39 is 0 Å². The molecule has 0 atom stereocenters. The summed E-state index contributed by atoms with van der Waals surface area (Å²) in [6.45, 7) is 5.33. The third-order valence-corrected chi connectivity index (χ3v) is 5.55. The third-order valence-electron chi connectivity index (χ3n) is 5.55. The van der Waals surface area contributed by atoms with Crippen molar-refractivity contribution in [3.8, 4) is 0 Å². The van der Waals surface area contributed by atoms with Gasteiger partial charge >= 0.3 is 0 Å². The summed E-state index contributed by atoms with van der Waals surface area (Å²) in [4.78, 5) is 36.4. The predicted molar refractivity (Wildman–Crippen MR) is 115 cm³/mol. The molecule has 0 radical (unpaired) electrons. The molecule has 6 nitrogen and oxygen atoms in total. The summed E-state index contributed by atoms with van der Waals surface area (Å²) in [6.07, 6.45) is 1.74. The number of nitrogens with zero attached hydrogens (tertiary/aromatic N) is 3. The average Bonchev–Trinajstić information content (AvgIpc) is 2.74. The van der Waals surface area contributed by atoms with Gasteiger partial charge in [0.05, 0.1) is 10.9 Å². The number of para-hydroxylation sites is 2. The SMILES string of the molecule is Cc1ccccc1N1CCN(C(=O)CCCc2nc3ccccc3c(=O)[nH]2)CC1. The topological polar surface area (TPSA) is 69.3 Å². The number of piperazine rings is 1. The van der Waals surface area contributed by atoms with Gasteiger partial charge in [0.2, 0.25) is 5.91 Å². The normalized spacial score (nSPS) is 14.4.